The quantitative estimate of drug-likeness (QED) is 0.887. The van der Waals surface area contributed by atoms with Crippen LogP contribution in [0.3, 0.4) is 0 Å². The zero-order valence-electron chi connectivity index (χ0n) is 9.95. The van der Waals surface area contributed by atoms with Gasteiger partial charge in [-0.05, 0) is 28.1 Å². The van der Waals surface area contributed by atoms with Crippen LogP contribution in [-0.4, -0.2) is 20.6 Å². The first-order valence-corrected chi connectivity index (χ1v) is 5.74. The summed E-state index contributed by atoms with van der Waals surface area (Å²) >= 11 is 3.29. The summed E-state index contributed by atoms with van der Waals surface area (Å²) in [7, 11) is 2.96. The first-order valence-electron chi connectivity index (χ1n) is 4.94. The minimum absolute atomic E-state index is 0. The highest BCUT2D eigenvalue weighted by Gasteiger charge is 2.19. The van der Waals surface area contributed by atoms with Crippen molar-refractivity contribution in [3.63, 3.8) is 0 Å². The van der Waals surface area contributed by atoms with Gasteiger partial charge in [-0.15, -0.1) is 12.4 Å². The van der Waals surface area contributed by atoms with Gasteiger partial charge < -0.3 is 15.2 Å². The first-order chi connectivity index (χ1) is 7.99. The minimum Gasteiger partial charge on any atom is -0.496 e. The second-order valence-electron chi connectivity index (χ2n) is 3.46. The predicted molar refractivity (Wildman–Crippen MR) is 72.0 cm³/mol. The number of alkyl halides is 2. The average molecular weight is 347 g/mol. The SMILES string of the molecule is COc1cc([C@H](N)CC(F)F)c(OC)cc1Br.Cl. The molecule has 18 heavy (non-hydrogen) atoms. The molecule has 0 bridgehead atoms. The zero-order chi connectivity index (χ0) is 13.0. The zero-order valence-corrected chi connectivity index (χ0v) is 12.4. The van der Waals surface area contributed by atoms with Gasteiger partial charge in [0.25, 0.3) is 0 Å². The lowest BCUT2D eigenvalue weighted by Crippen LogP contribution is -2.15. The molecule has 0 unspecified atom stereocenters. The molecule has 2 N–H and O–H groups in total. The second kappa shape index (κ2) is 7.76. The summed E-state index contributed by atoms with van der Waals surface area (Å²) in [6.45, 7) is 0. The van der Waals surface area contributed by atoms with E-state index in [1.54, 1.807) is 12.1 Å². The van der Waals surface area contributed by atoms with Crippen LogP contribution in [0.25, 0.3) is 0 Å². The van der Waals surface area contributed by atoms with E-state index in [1.165, 1.54) is 14.2 Å². The van der Waals surface area contributed by atoms with Crippen LogP contribution in [-0.2, 0) is 0 Å². The van der Waals surface area contributed by atoms with Crippen molar-refractivity contribution in [2.45, 2.75) is 18.9 Å². The lowest BCUT2D eigenvalue weighted by atomic mass is 10.0. The third-order valence-electron chi connectivity index (χ3n) is 2.34. The van der Waals surface area contributed by atoms with Gasteiger partial charge in [0, 0.05) is 18.0 Å². The van der Waals surface area contributed by atoms with Gasteiger partial charge in [-0.25, -0.2) is 8.78 Å². The Bertz CT molecular complexity index is 394. The van der Waals surface area contributed by atoms with E-state index >= 15 is 0 Å². The standard InChI is InChI=1S/C11H14BrF2NO2.ClH/c1-16-9-4-7(12)10(17-2)3-6(9)8(15)5-11(13)14;/h3-4,8,11H,5,15H2,1-2H3;1H/t8-;/m1./s1. The molecule has 0 aromatic heterocycles. The van der Waals surface area contributed by atoms with Crippen LogP contribution in [0.2, 0.25) is 0 Å². The molecular formula is C11H15BrClF2NO2. The highest BCUT2D eigenvalue weighted by Crippen LogP contribution is 2.36. The maximum Gasteiger partial charge on any atom is 0.240 e. The van der Waals surface area contributed by atoms with Crippen molar-refractivity contribution in [1.82, 2.24) is 0 Å². The summed E-state index contributed by atoms with van der Waals surface area (Å²) in [6, 6.07) is 2.47. The molecule has 0 fully saturated rings. The number of hydrogen-bond donors (Lipinski definition) is 1. The van der Waals surface area contributed by atoms with E-state index in [0.29, 0.717) is 21.5 Å². The fraction of sp³-hybridized carbons (Fsp3) is 0.455. The number of ether oxygens (including phenoxy) is 2. The maximum atomic E-state index is 12.3. The lowest BCUT2D eigenvalue weighted by Gasteiger charge is -2.17. The molecule has 0 amide bonds. The van der Waals surface area contributed by atoms with Crippen molar-refractivity contribution < 1.29 is 18.3 Å². The molecule has 0 heterocycles. The third kappa shape index (κ3) is 4.26. The summed E-state index contributed by atoms with van der Waals surface area (Å²) in [4.78, 5) is 0. The molecule has 0 saturated heterocycles. The summed E-state index contributed by atoms with van der Waals surface area (Å²) in [5.74, 6) is 0.997. The van der Waals surface area contributed by atoms with Crippen LogP contribution in [0.5, 0.6) is 11.5 Å². The number of methoxy groups -OCH3 is 2. The molecular weight excluding hydrogens is 331 g/mol. The topological polar surface area (TPSA) is 44.5 Å². The van der Waals surface area contributed by atoms with Gasteiger partial charge in [0.15, 0.2) is 0 Å². The average Bonchev–Trinajstić information content (AvgIpc) is 2.27. The summed E-state index contributed by atoms with van der Waals surface area (Å²) in [6.07, 6.45) is -2.87. The molecule has 7 heteroatoms. The van der Waals surface area contributed by atoms with Crippen molar-refractivity contribution in [3.8, 4) is 11.5 Å². The van der Waals surface area contributed by atoms with Crippen molar-refractivity contribution in [3.05, 3.63) is 22.2 Å². The number of benzene rings is 1. The van der Waals surface area contributed by atoms with E-state index in [9.17, 15) is 8.78 Å². The van der Waals surface area contributed by atoms with Gasteiger partial charge in [-0.3, -0.25) is 0 Å². The Balaban J connectivity index is 0.00000289. The predicted octanol–water partition coefficient (Wildman–Crippen LogP) is 3.54. The molecule has 0 aliphatic rings. The second-order valence-corrected chi connectivity index (χ2v) is 4.32. The van der Waals surface area contributed by atoms with Gasteiger partial charge >= 0.3 is 0 Å². The number of halogens is 4. The Morgan fingerprint density at radius 1 is 1.22 bits per heavy atom. The summed E-state index contributed by atoms with van der Waals surface area (Å²) in [5, 5.41) is 0. The monoisotopic (exact) mass is 345 g/mol. The van der Waals surface area contributed by atoms with Crippen LogP contribution in [0, 0.1) is 0 Å². The Hall–Kier alpha value is -0.590. The van der Waals surface area contributed by atoms with Crippen LogP contribution in [0.15, 0.2) is 16.6 Å². The first kappa shape index (κ1) is 17.4. The molecule has 1 rings (SSSR count). The van der Waals surface area contributed by atoms with E-state index < -0.39 is 18.9 Å². The smallest absolute Gasteiger partial charge is 0.240 e. The molecule has 104 valence electrons. The van der Waals surface area contributed by atoms with Crippen molar-refractivity contribution in [1.29, 1.82) is 0 Å². The fourth-order valence-electron chi connectivity index (χ4n) is 1.49. The maximum absolute atomic E-state index is 12.3. The molecule has 0 spiro atoms. The van der Waals surface area contributed by atoms with Gasteiger partial charge in [-0.2, -0.15) is 0 Å². The van der Waals surface area contributed by atoms with Crippen LogP contribution in [0.4, 0.5) is 8.78 Å². The van der Waals surface area contributed by atoms with Crippen LogP contribution < -0.4 is 15.2 Å². The molecule has 3 nitrogen and oxygen atoms in total. The lowest BCUT2D eigenvalue weighted by molar-refractivity contribution is 0.128. The molecule has 0 saturated carbocycles. The fourth-order valence-corrected chi connectivity index (χ4v) is 1.98. The Morgan fingerprint density at radius 2 is 1.78 bits per heavy atom. The number of hydrogen-bond acceptors (Lipinski definition) is 3. The molecule has 1 atom stereocenters. The largest absolute Gasteiger partial charge is 0.496 e. The van der Waals surface area contributed by atoms with Gasteiger partial charge in [0.1, 0.15) is 11.5 Å². The van der Waals surface area contributed by atoms with Gasteiger partial charge in [-0.1, -0.05) is 0 Å². The van der Waals surface area contributed by atoms with Crippen molar-refractivity contribution in [2.24, 2.45) is 5.73 Å². The van der Waals surface area contributed by atoms with Gasteiger partial charge in [0.2, 0.25) is 6.43 Å². The Labute approximate surface area is 119 Å². The highest BCUT2D eigenvalue weighted by molar-refractivity contribution is 9.10. The third-order valence-corrected chi connectivity index (χ3v) is 2.96. The molecule has 0 aliphatic carbocycles. The van der Waals surface area contributed by atoms with Gasteiger partial charge in [0.05, 0.1) is 18.7 Å². The summed E-state index contributed by atoms with van der Waals surface area (Å²) in [5.41, 5.74) is 6.22. The number of nitrogens with two attached hydrogens (primary N) is 1. The number of rotatable bonds is 5. The minimum atomic E-state index is -2.45. The highest BCUT2D eigenvalue weighted by atomic mass is 79.9. The summed E-state index contributed by atoms with van der Waals surface area (Å²) < 4.78 is 35.5. The van der Waals surface area contributed by atoms with E-state index in [0.717, 1.165) is 0 Å². The normalized spacial score (nSPS) is 11.9. The Kier molecular flexibility index (Phi) is 7.51. The van der Waals surface area contributed by atoms with E-state index in [-0.39, 0.29) is 12.4 Å². The van der Waals surface area contributed by atoms with E-state index in [2.05, 4.69) is 15.9 Å². The van der Waals surface area contributed by atoms with Crippen LogP contribution in [0.1, 0.15) is 18.0 Å². The Morgan fingerprint density at radius 3 is 2.22 bits per heavy atom. The molecule has 0 radical (unpaired) electrons. The molecule has 1 aromatic rings. The van der Waals surface area contributed by atoms with Crippen molar-refractivity contribution in [2.75, 3.05) is 14.2 Å². The van der Waals surface area contributed by atoms with E-state index in [4.69, 9.17) is 15.2 Å². The van der Waals surface area contributed by atoms with Crippen LogP contribution >= 0.6 is 28.3 Å². The molecule has 0 aliphatic heterocycles. The molecule has 1 aromatic carbocycles. The van der Waals surface area contributed by atoms with E-state index in [1.807, 2.05) is 0 Å². The van der Waals surface area contributed by atoms with Crippen molar-refractivity contribution >= 4 is 28.3 Å².